The normalized spacial score (nSPS) is 15.0. The van der Waals surface area contributed by atoms with Crippen LogP contribution in [-0.4, -0.2) is 243 Å². The van der Waals surface area contributed by atoms with Crippen molar-refractivity contribution < 1.29 is 118 Å². The smallest absolute Gasteiger partial charge is 0.410 e. The summed E-state index contributed by atoms with van der Waals surface area (Å²) in [5.41, 5.74) is 3.18. The molecule has 0 atom stereocenters. The van der Waals surface area contributed by atoms with E-state index in [-0.39, 0.29) is 69.0 Å². The van der Waals surface area contributed by atoms with E-state index in [0.29, 0.717) is 157 Å². The molecule has 36 heteroatoms. The van der Waals surface area contributed by atoms with Crippen molar-refractivity contribution in [1.82, 2.24) is 24.9 Å². The van der Waals surface area contributed by atoms with Crippen LogP contribution in [0.2, 0.25) is 0 Å². The quantitative estimate of drug-likeness (QED) is 0.0282. The standard InChI is InChI=1S/C18H23FN2O4.C17H25FN2O5S.C17H25FN2O3.C16H23FN2O3.C12H17FN2O.C9H6F2O2.2H2/c1-5-24-16(22)13-6-7-15(14(19)12-13)20-8-10-21(11-9-20)17(23)25-18(2,3)4;1-17(2,3)25-16(21)20-9-7-19(8-10-20)15-6-5-13(11-14(15)18)12-24-26(4,22)23;1-17(2,3)23-16(21)20-9-7-19(8-10-20)15-6-5-13(12-22-4)11-14(15)18;1-16(2,3)22-15(21)19-8-6-18(7-9-19)14-5-4-12(11-20)10-13(14)17;1-16-9-10-2-3-12(11(13)8-10)15-6-4-14-5-7-15;1-2-13-9(12)6-3-4-7(10)8(11)5-6;;/h5-7,12H,1,8-11H2,2-4H3;5-6,11H,7-10,12H2,1-4H3;5-6,11H,7-10,12H2,1-4H3;4-5,10,20H,6-9,11H2,1-3H3;2-3,8,14H,4-7,9H2,1H3;2-5H,1H2;2*1H. The zero-order valence-corrected chi connectivity index (χ0v) is 74.7. The van der Waals surface area contributed by atoms with Crippen LogP contribution < -0.4 is 29.8 Å². The van der Waals surface area contributed by atoms with Crippen molar-refractivity contribution in [2.75, 3.05) is 176 Å². The van der Waals surface area contributed by atoms with Crippen LogP contribution in [-0.2, 0) is 78.6 Å². The molecule has 2 N–H and O–H groups in total. The number of aliphatic hydroxyl groups excluding tert-OH is 1. The number of carbonyl (C=O) groups excluding carboxylic acids is 6. The first-order valence-corrected chi connectivity index (χ1v) is 42.4. The zero-order valence-electron chi connectivity index (χ0n) is 73.9. The molecule has 5 heterocycles. The van der Waals surface area contributed by atoms with E-state index < -0.39 is 67.7 Å². The van der Waals surface area contributed by atoms with Gasteiger partial charge in [-0.3, -0.25) is 4.18 Å². The molecule has 5 aliphatic heterocycles. The van der Waals surface area contributed by atoms with Gasteiger partial charge in [0.25, 0.3) is 10.1 Å². The number of nitrogens with one attached hydrogen (secondary N) is 1. The Morgan fingerprint density at radius 3 is 0.888 bits per heavy atom. The summed E-state index contributed by atoms with van der Waals surface area (Å²) in [6.07, 6.45) is 1.49. The first-order valence-electron chi connectivity index (χ1n) is 40.5. The van der Waals surface area contributed by atoms with E-state index >= 15 is 0 Å². The van der Waals surface area contributed by atoms with Crippen molar-refractivity contribution in [3.63, 3.8) is 0 Å². The van der Waals surface area contributed by atoms with Crippen LogP contribution in [0.4, 0.5) is 78.3 Å². The minimum Gasteiger partial charge on any atom is -0.444 e. The van der Waals surface area contributed by atoms with Crippen molar-refractivity contribution in [3.05, 3.63) is 209 Å². The average molecular weight is 1790 g/mol. The van der Waals surface area contributed by atoms with Crippen LogP contribution in [0.1, 0.15) is 129 Å². The van der Waals surface area contributed by atoms with Gasteiger partial charge < -0.3 is 92.4 Å². The molecular formula is C89H123F7N10O18S. The lowest BCUT2D eigenvalue weighted by atomic mass is 10.1. The number of aliphatic hydroxyl groups is 1. The van der Waals surface area contributed by atoms with E-state index in [1.165, 1.54) is 30.3 Å². The number of hydrogen-bond donors (Lipinski definition) is 2. The molecule has 5 aliphatic rings. The van der Waals surface area contributed by atoms with Crippen molar-refractivity contribution in [3.8, 4) is 0 Å². The van der Waals surface area contributed by atoms with E-state index in [4.69, 9.17) is 33.5 Å². The molecule has 0 bridgehead atoms. The molecule has 0 aliphatic carbocycles. The first-order chi connectivity index (χ1) is 58.7. The summed E-state index contributed by atoms with van der Waals surface area (Å²) in [4.78, 5) is 86.8. The summed E-state index contributed by atoms with van der Waals surface area (Å²) in [5.74, 6) is -5.24. The van der Waals surface area contributed by atoms with Crippen molar-refractivity contribution in [2.45, 2.75) is 132 Å². The van der Waals surface area contributed by atoms with Gasteiger partial charge in [0.05, 0.1) is 84.8 Å². The highest BCUT2D eigenvalue weighted by Gasteiger charge is 2.33. The molecule has 0 unspecified atom stereocenters. The molecule has 125 heavy (non-hydrogen) atoms. The predicted molar refractivity (Wildman–Crippen MR) is 466 cm³/mol. The summed E-state index contributed by atoms with van der Waals surface area (Å²) in [5, 5.41) is 12.3. The fourth-order valence-electron chi connectivity index (χ4n) is 12.6. The van der Waals surface area contributed by atoms with Gasteiger partial charge in [-0.2, -0.15) is 8.42 Å². The van der Waals surface area contributed by atoms with Crippen LogP contribution in [0, 0.1) is 40.7 Å². The van der Waals surface area contributed by atoms with Gasteiger partial charge >= 0.3 is 36.3 Å². The van der Waals surface area contributed by atoms with Gasteiger partial charge in [-0.25, -0.2) is 59.5 Å². The number of esters is 2. The maximum absolute atomic E-state index is 14.4. The van der Waals surface area contributed by atoms with Gasteiger partial charge in [-0.15, -0.1) is 0 Å². The number of ether oxygens (including phenoxy) is 8. The summed E-state index contributed by atoms with van der Waals surface area (Å²) in [7, 11) is -0.377. The maximum atomic E-state index is 14.4. The number of nitrogens with zero attached hydrogens (tertiary/aromatic N) is 9. The molecule has 0 spiro atoms. The zero-order chi connectivity index (χ0) is 92.7. The summed E-state index contributed by atoms with van der Waals surface area (Å²) in [6, 6.07) is 26.6. The molecular weight excluding hydrogens is 1660 g/mol. The number of rotatable bonds is 17. The molecule has 692 valence electrons. The Kier molecular flexibility index (Phi) is 39.5. The van der Waals surface area contributed by atoms with E-state index in [9.17, 15) is 67.9 Å². The number of hydrogen-bond acceptors (Lipinski definition) is 24. The van der Waals surface area contributed by atoms with Gasteiger partial charge in [-0.1, -0.05) is 37.4 Å². The molecule has 6 aromatic carbocycles. The molecule has 0 saturated carbocycles. The third-order valence-corrected chi connectivity index (χ3v) is 19.1. The highest BCUT2D eigenvalue weighted by atomic mass is 32.2. The Bertz CT molecular complexity index is 4700. The number of methoxy groups -OCH3 is 2. The second-order valence-electron chi connectivity index (χ2n) is 33.1. The van der Waals surface area contributed by atoms with Gasteiger partial charge in [0.1, 0.15) is 51.5 Å². The molecule has 0 aromatic heterocycles. The average Bonchev–Trinajstić information content (AvgIpc) is 0.834. The lowest BCUT2D eigenvalue weighted by Crippen LogP contribution is -2.50. The first kappa shape index (κ1) is 103. The fourth-order valence-corrected chi connectivity index (χ4v) is 13.0. The van der Waals surface area contributed by atoms with Gasteiger partial charge in [-0.05, 0) is 190 Å². The van der Waals surface area contributed by atoms with E-state index in [0.717, 1.165) is 80.4 Å². The van der Waals surface area contributed by atoms with Crippen LogP contribution in [0.15, 0.2) is 135 Å². The monoisotopic (exact) mass is 1780 g/mol. The number of halogens is 7. The number of piperazine rings is 5. The third kappa shape index (κ3) is 35.2. The van der Waals surface area contributed by atoms with E-state index in [2.05, 4.69) is 37.0 Å². The molecule has 11 rings (SSSR count). The Hall–Kier alpha value is -10.9. The van der Waals surface area contributed by atoms with Gasteiger partial charge in [0.15, 0.2) is 11.6 Å². The minimum absolute atomic E-state index is 0. The highest BCUT2D eigenvalue weighted by molar-refractivity contribution is 7.85. The molecule has 4 amide bonds. The fraction of sp³-hybridized carbons (Fsp3) is 0.483. The van der Waals surface area contributed by atoms with E-state index in [1.807, 2.05) is 121 Å². The third-order valence-electron chi connectivity index (χ3n) is 18.6. The lowest BCUT2D eigenvalue weighted by molar-refractivity contribution is 0.0230. The Morgan fingerprint density at radius 1 is 0.376 bits per heavy atom. The molecule has 28 nitrogen and oxygen atoms in total. The topological polar surface area (TPSA) is 281 Å². The van der Waals surface area contributed by atoms with Crippen LogP contribution in [0.5, 0.6) is 0 Å². The Labute approximate surface area is 731 Å². The van der Waals surface area contributed by atoms with Gasteiger partial charge in [0, 0.05) is 148 Å². The number of carbonyl (C=O) groups is 6. The van der Waals surface area contributed by atoms with Crippen LogP contribution >= 0.6 is 0 Å². The highest BCUT2D eigenvalue weighted by Crippen LogP contribution is 2.30. The number of amides is 4. The summed E-state index contributed by atoms with van der Waals surface area (Å²) >= 11 is 0. The SMILES string of the molecule is C=COC(=O)c1ccc(F)c(F)c1.C=COC(=O)c1ccc(N2CCN(C(=O)OC(C)(C)C)CC2)c(F)c1.CC(C)(C)OC(=O)N1CCN(c2ccc(CO)cc2F)CC1.CC(C)(C)OC(=O)N1CCN(c2ccc(COS(C)(=O)=O)cc2F)CC1.COCc1ccc(N2CCN(C(=O)OC(C)(C)C)CC2)c(F)c1.COCc1ccc(N2CCNCC2)c(F)c1.[HH].[HH]. The van der Waals surface area contributed by atoms with Crippen LogP contribution in [0.3, 0.4) is 0 Å². The van der Waals surface area contributed by atoms with Gasteiger partial charge in [0.2, 0.25) is 0 Å². The summed E-state index contributed by atoms with van der Waals surface area (Å²) < 4.78 is 163. The van der Waals surface area contributed by atoms with Crippen molar-refractivity contribution in [2.24, 2.45) is 0 Å². The van der Waals surface area contributed by atoms with E-state index in [1.54, 1.807) is 70.2 Å². The number of anilines is 5. The largest absolute Gasteiger partial charge is 0.444 e. The molecule has 5 fully saturated rings. The van der Waals surface area contributed by atoms with Crippen LogP contribution in [0.25, 0.3) is 0 Å². The molecule has 0 radical (unpaired) electrons. The minimum atomic E-state index is -3.58. The lowest BCUT2D eigenvalue weighted by Gasteiger charge is -2.36. The Balaban J connectivity index is 0.000000322. The Morgan fingerprint density at radius 2 is 0.632 bits per heavy atom. The molecule has 6 aromatic rings. The maximum Gasteiger partial charge on any atom is 0.410 e. The second kappa shape index (κ2) is 48.0. The summed E-state index contributed by atoms with van der Waals surface area (Å²) in [6.45, 7) is 40.4. The second-order valence-corrected chi connectivity index (χ2v) is 34.8. The number of benzene rings is 6. The predicted octanol–water partition coefficient (Wildman–Crippen LogP) is 15.1. The molecule has 5 saturated heterocycles. The van der Waals surface area contributed by atoms with Crippen molar-refractivity contribution >= 4 is 74.9 Å². The van der Waals surface area contributed by atoms with Crippen molar-refractivity contribution in [1.29, 1.82) is 0 Å².